The zero-order valence-corrected chi connectivity index (χ0v) is 16.6. The lowest BCUT2D eigenvalue weighted by Gasteiger charge is -2.36. The molecule has 3 atom stereocenters. The number of rotatable bonds is 6. The summed E-state index contributed by atoms with van der Waals surface area (Å²) in [5, 5.41) is 11.2. The molecule has 0 unspecified atom stereocenters. The molecule has 0 amide bonds. The minimum atomic E-state index is -5.08. The molecule has 0 saturated carbocycles. The molecular formula is C19H27F3N2O5. The number of carboxylic acid groups (broad SMARTS) is 1. The van der Waals surface area contributed by atoms with Crippen LogP contribution in [0.15, 0.2) is 17.2 Å². The monoisotopic (exact) mass is 420 g/mol. The number of aromatic nitrogens is 1. The molecule has 0 bridgehead atoms. The van der Waals surface area contributed by atoms with Crippen molar-refractivity contribution in [3.63, 3.8) is 0 Å². The number of nitrogens with zero attached hydrogens (tertiary/aromatic N) is 2. The molecule has 3 heterocycles. The lowest BCUT2D eigenvalue weighted by Crippen LogP contribution is -2.43. The average molecular weight is 420 g/mol. The number of aryl methyl sites for hydroxylation is 2. The van der Waals surface area contributed by atoms with Gasteiger partial charge >= 0.3 is 12.1 Å². The lowest BCUT2D eigenvalue weighted by atomic mass is 9.99. The molecule has 1 N–H and O–H groups in total. The maximum absolute atomic E-state index is 10.6. The van der Waals surface area contributed by atoms with Crippen LogP contribution in [0, 0.1) is 13.8 Å². The Bertz CT molecular complexity index is 672. The average Bonchev–Trinajstić information content (AvgIpc) is 3.19. The van der Waals surface area contributed by atoms with Crippen LogP contribution in [0.4, 0.5) is 13.2 Å². The Morgan fingerprint density at radius 1 is 1.38 bits per heavy atom. The summed E-state index contributed by atoms with van der Waals surface area (Å²) in [7, 11) is 0. The van der Waals surface area contributed by atoms with Crippen LogP contribution in [0.25, 0.3) is 0 Å². The third kappa shape index (κ3) is 6.55. The normalized spacial score (nSPS) is 24.5. The van der Waals surface area contributed by atoms with Gasteiger partial charge in [-0.1, -0.05) is 11.2 Å². The van der Waals surface area contributed by atoms with Crippen molar-refractivity contribution in [1.82, 2.24) is 10.1 Å². The van der Waals surface area contributed by atoms with E-state index in [1.165, 1.54) is 12.0 Å². The first-order valence-corrected chi connectivity index (χ1v) is 9.43. The van der Waals surface area contributed by atoms with Crippen LogP contribution in [-0.4, -0.2) is 65.3 Å². The molecule has 2 aliphatic rings. The molecule has 2 saturated heterocycles. The Kier molecular flexibility index (Phi) is 8.23. The van der Waals surface area contributed by atoms with Crippen LogP contribution in [0.5, 0.6) is 0 Å². The van der Waals surface area contributed by atoms with Crippen LogP contribution in [0.1, 0.15) is 36.3 Å². The quantitative estimate of drug-likeness (QED) is 0.559. The van der Waals surface area contributed by atoms with Crippen molar-refractivity contribution in [1.29, 1.82) is 0 Å². The second-order valence-electron chi connectivity index (χ2n) is 7.13. The van der Waals surface area contributed by atoms with E-state index in [0.29, 0.717) is 25.4 Å². The van der Waals surface area contributed by atoms with Crippen molar-refractivity contribution in [2.45, 2.75) is 64.1 Å². The second-order valence-corrected chi connectivity index (χ2v) is 7.13. The molecule has 29 heavy (non-hydrogen) atoms. The van der Waals surface area contributed by atoms with Gasteiger partial charge in [0.2, 0.25) is 0 Å². The SMILES string of the molecule is C=CCOC[C@H]1CC[C@H]2[C@H](CCN2Cc2c(C)noc2C)O1.O=C(O)C(F)(F)F. The summed E-state index contributed by atoms with van der Waals surface area (Å²) in [5.74, 6) is -1.82. The smallest absolute Gasteiger partial charge is 0.475 e. The van der Waals surface area contributed by atoms with Crippen LogP contribution in [0.3, 0.4) is 0 Å². The second kappa shape index (κ2) is 10.2. The molecular weight excluding hydrogens is 393 g/mol. The number of carboxylic acids is 1. The zero-order valence-electron chi connectivity index (χ0n) is 16.6. The van der Waals surface area contributed by atoms with E-state index in [1.807, 2.05) is 13.8 Å². The van der Waals surface area contributed by atoms with Gasteiger partial charge in [0.25, 0.3) is 0 Å². The van der Waals surface area contributed by atoms with E-state index >= 15 is 0 Å². The zero-order chi connectivity index (χ0) is 21.6. The molecule has 7 nitrogen and oxygen atoms in total. The minimum Gasteiger partial charge on any atom is -0.475 e. The van der Waals surface area contributed by atoms with Gasteiger partial charge in [-0.3, -0.25) is 4.90 Å². The number of carbonyl (C=O) groups is 1. The Morgan fingerprint density at radius 3 is 2.62 bits per heavy atom. The van der Waals surface area contributed by atoms with Crippen molar-refractivity contribution >= 4 is 5.97 Å². The van der Waals surface area contributed by atoms with Crippen LogP contribution < -0.4 is 0 Å². The van der Waals surface area contributed by atoms with Crippen molar-refractivity contribution < 1.29 is 37.1 Å². The van der Waals surface area contributed by atoms with E-state index in [0.717, 1.165) is 37.4 Å². The van der Waals surface area contributed by atoms with Crippen molar-refractivity contribution in [3.8, 4) is 0 Å². The summed E-state index contributed by atoms with van der Waals surface area (Å²) < 4.78 is 48.8. The van der Waals surface area contributed by atoms with E-state index in [-0.39, 0.29) is 6.10 Å². The molecule has 2 aliphatic heterocycles. The van der Waals surface area contributed by atoms with Gasteiger partial charge in [0, 0.05) is 24.7 Å². The van der Waals surface area contributed by atoms with Gasteiger partial charge in [0.1, 0.15) is 5.76 Å². The predicted molar refractivity (Wildman–Crippen MR) is 97.4 cm³/mol. The molecule has 0 radical (unpaired) electrons. The van der Waals surface area contributed by atoms with Gasteiger partial charge in [-0.15, -0.1) is 6.58 Å². The van der Waals surface area contributed by atoms with Gasteiger partial charge in [-0.05, 0) is 33.1 Å². The topological polar surface area (TPSA) is 85.0 Å². The van der Waals surface area contributed by atoms with Gasteiger partial charge in [-0.25, -0.2) is 4.79 Å². The largest absolute Gasteiger partial charge is 0.490 e. The van der Waals surface area contributed by atoms with Gasteiger partial charge in [-0.2, -0.15) is 13.2 Å². The maximum Gasteiger partial charge on any atom is 0.490 e. The summed E-state index contributed by atoms with van der Waals surface area (Å²) >= 11 is 0. The highest BCUT2D eigenvalue weighted by Gasteiger charge is 2.40. The molecule has 0 aromatic carbocycles. The third-order valence-corrected chi connectivity index (χ3v) is 5.08. The Hall–Kier alpha value is -1.91. The van der Waals surface area contributed by atoms with E-state index in [1.54, 1.807) is 6.08 Å². The van der Waals surface area contributed by atoms with Crippen LogP contribution in [-0.2, 0) is 20.8 Å². The Labute approximate surface area is 167 Å². The molecule has 10 heteroatoms. The molecule has 164 valence electrons. The van der Waals surface area contributed by atoms with Gasteiger partial charge in [0.15, 0.2) is 0 Å². The standard InChI is InChI=1S/C17H26N2O3.C2HF3O2/c1-4-9-20-11-14-5-6-16-17(21-14)7-8-19(16)10-15-12(2)18-22-13(15)3;3-2(4,5)1(6)7/h4,14,16-17H,1,5-11H2,2-3H3;(H,6,7)/t14-,16+,17+;/m1./s1. The van der Waals surface area contributed by atoms with Crippen molar-refractivity contribution in [3.05, 3.63) is 29.7 Å². The van der Waals surface area contributed by atoms with E-state index in [2.05, 4.69) is 16.6 Å². The van der Waals surface area contributed by atoms with Crippen molar-refractivity contribution in [2.24, 2.45) is 0 Å². The molecule has 3 rings (SSSR count). The number of ether oxygens (including phenoxy) is 2. The van der Waals surface area contributed by atoms with Crippen LogP contribution in [0.2, 0.25) is 0 Å². The fourth-order valence-corrected chi connectivity index (χ4v) is 3.62. The molecule has 2 fully saturated rings. The van der Waals surface area contributed by atoms with Gasteiger partial charge in [0.05, 0.1) is 31.1 Å². The highest BCUT2D eigenvalue weighted by molar-refractivity contribution is 5.73. The lowest BCUT2D eigenvalue weighted by molar-refractivity contribution is -0.192. The molecule has 0 aliphatic carbocycles. The number of hydrogen-bond acceptors (Lipinski definition) is 6. The number of halogens is 3. The molecule has 0 spiro atoms. The summed E-state index contributed by atoms with van der Waals surface area (Å²) in [6.07, 6.45) is 0.622. The highest BCUT2D eigenvalue weighted by Crippen LogP contribution is 2.33. The van der Waals surface area contributed by atoms with E-state index in [9.17, 15) is 13.2 Å². The minimum absolute atomic E-state index is 0.236. The first-order chi connectivity index (χ1) is 13.6. The van der Waals surface area contributed by atoms with Gasteiger partial charge < -0.3 is 19.1 Å². The fraction of sp³-hybridized carbons (Fsp3) is 0.684. The van der Waals surface area contributed by atoms with Crippen molar-refractivity contribution in [2.75, 3.05) is 19.8 Å². The first kappa shape index (κ1) is 23.4. The number of aliphatic carboxylic acids is 1. The number of alkyl halides is 3. The number of likely N-dealkylation sites (tertiary alicyclic amines) is 1. The first-order valence-electron chi connectivity index (χ1n) is 9.43. The van der Waals surface area contributed by atoms with E-state index < -0.39 is 12.1 Å². The number of fused-ring (bicyclic) bond motifs is 1. The molecule has 1 aromatic heterocycles. The highest BCUT2D eigenvalue weighted by atomic mass is 19.4. The predicted octanol–water partition coefficient (Wildman–Crippen LogP) is 3.25. The Balaban J connectivity index is 0.000000370. The van der Waals surface area contributed by atoms with E-state index in [4.69, 9.17) is 23.9 Å². The Morgan fingerprint density at radius 2 is 2.07 bits per heavy atom. The maximum atomic E-state index is 10.6. The fourth-order valence-electron chi connectivity index (χ4n) is 3.62. The summed E-state index contributed by atoms with van der Waals surface area (Å²) in [6.45, 7) is 11.0. The van der Waals surface area contributed by atoms with Crippen LogP contribution >= 0.6 is 0 Å². The number of hydrogen-bond donors (Lipinski definition) is 1. The summed E-state index contributed by atoms with van der Waals surface area (Å²) in [4.78, 5) is 11.4. The summed E-state index contributed by atoms with van der Waals surface area (Å²) in [6, 6.07) is 0.518. The third-order valence-electron chi connectivity index (χ3n) is 5.08. The molecule has 1 aromatic rings. The summed E-state index contributed by atoms with van der Waals surface area (Å²) in [5.41, 5.74) is 2.24.